The van der Waals surface area contributed by atoms with Crippen molar-refractivity contribution < 1.29 is 5.11 Å². The van der Waals surface area contributed by atoms with Crippen molar-refractivity contribution in [1.82, 2.24) is 0 Å². The van der Waals surface area contributed by atoms with Crippen molar-refractivity contribution in [3.63, 3.8) is 0 Å². The molecule has 4 heteroatoms. The number of hydrogen-bond donors (Lipinski definition) is 1. The maximum absolute atomic E-state index is 9.39. The first kappa shape index (κ1) is 9.91. The summed E-state index contributed by atoms with van der Waals surface area (Å²) in [5, 5.41) is 9.39. The summed E-state index contributed by atoms with van der Waals surface area (Å²) in [7, 11) is 0. The quantitative estimate of drug-likeness (QED) is 0.585. The molecule has 0 aliphatic heterocycles. The number of aromatic hydroxyl groups is 1. The number of rotatable bonds is 1. The molecular weight excluding hydrogens is 386 g/mol. The molecule has 0 spiro atoms. The zero-order chi connectivity index (χ0) is 8.43. The topological polar surface area (TPSA) is 20.2 Å². The largest absolute Gasteiger partial charge is 0.507 e. The summed E-state index contributed by atoms with van der Waals surface area (Å²) >= 11 is 5.99. The standard InChI is InChI=1S/C7H6I2OS/c1-11-6-3-4(8)2-5(10)7(6)9/h2-3,10H,1H3. The van der Waals surface area contributed by atoms with Crippen LogP contribution in [0.15, 0.2) is 17.0 Å². The van der Waals surface area contributed by atoms with E-state index in [4.69, 9.17) is 0 Å². The van der Waals surface area contributed by atoms with Crippen LogP contribution in [0.3, 0.4) is 0 Å². The summed E-state index contributed by atoms with van der Waals surface area (Å²) in [6.07, 6.45) is 2.01. The average molecular weight is 392 g/mol. The molecule has 1 aromatic carbocycles. The SMILES string of the molecule is CSc1cc(I)cc(O)c1I. The summed E-state index contributed by atoms with van der Waals surface area (Å²) in [5.74, 6) is 0.377. The van der Waals surface area contributed by atoms with E-state index in [0.717, 1.165) is 12.0 Å². The van der Waals surface area contributed by atoms with Crippen LogP contribution in [0.1, 0.15) is 0 Å². The molecule has 1 aromatic rings. The van der Waals surface area contributed by atoms with Gasteiger partial charge in [-0.15, -0.1) is 11.8 Å². The number of phenolic OH excluding ortho intramolecular Hbond substituents is 1. The number of thioether (sulfide) groups is 1. The second kappa shape index (κ2) is 4.18. The average Bonchev–Trinajstić information content (AvgIpc) is 1.96. The Morgan fingerprint density at radius 1 is 1.36 bits per heavy atom. The Bertz CT molecular complexity index is 275. The van der Waals surface area contributed by atoms with Gasteiger partial charge in [-0.3, -0.25) is 0 Å². The second-order valence-electron chi connectivity index (χ2n) is 1.94. The molecule has 0 amide bonds. The molecule has 0 aliphatic rings. The van der Waals surface area contributed by atoms with Gasteiger partial charge < -0.3 is 5.11 Å². The molecule has 11 heavy (non-hydrogen) atoms. The molecule has 0 saturated carbocycles. The van der Waals surface area contributed by atoms with Crippen LogP contribution < -0.4 is 0 Å². The van der Waals surface area contributed by atoms with Gasteiger partial charge in [-0.05, 0) is 63.6 Å². The highest BCUT2D eigenvalue weighted by molar-refractivity contribution is 14.1. The second-order valence-corrected chi connectivity index (χ2v) is 5.11. The highest BCUT2D eigenvalue weighted by atomic mass is 127. The number of phenols is 1. The Morgan fingerprint density at radius 3 is 2.55 bits per heavy atom. The van der Waals surface area contributed by atoms with Gasteiger partial charge in [0.05, 0.1) is 3.57 Å². The molecule has 0 heterocycles. The smallest absolute Gasteiger partial charge is 0.131 e. The van der Waals surface area contributed by atoms with Crippen molar-refractivity contribution in [1.29, 1.82) is 0 Å². The Labute approximate surface area is 97.2 Å². The molecule has 1 N–H and O–H groups in total. The summed E-state index contributed by atoms with van der Waals surface area (Å²) in [6.45, 7) is 0. The van der Waals surface area contributed by atoms with Crippen molar-refractivity contribution in [2.75, 3.05) is 6.26 Å². The zero-order valence-electron chi connectivity index (χ0n) is 5.77. The summed E-state index contributed by atoms with van der Waals surface area (Å²) in [6, 6.07) is 3.83. The van der Waals surface area contributed by atoms with Gasteiger partial charge in [-0.25, -0.2) is 0 Å². The van der Waals surface area contributed by atoms with Crippen LogP contribution in [0.4, 0.5) is 0 Å². The van der Waals surface area contributed by atoms with Gasteiger partial charge in [0.25, 0.3) is 0 Å². The fourth-order valence-electron chi connectivity index (χ4n) is 0.699. The molecule has 0 radical (unpaired) electrons. The van der Waals surface area contributed by atoms with Crippen LogP contribution >= 0.6 is 56.9 Å². The van der Waals surface area contributed by atoms with E-state index >= 15 is 0 Å². The van der Waals surface area contributed by atoms with Crippen LogP contribution in [-0.2, 0) is 0 Å². The number of benzene rings is 1. The Balaban J connectivity index is 3.24. The first-order chi connectivity index (χ1) is 5.15. The third-order valence-electron chi connectivity index (χ3n) is 1.20. The Hall–Kier alpha value is 0.830. The lowest BCUT2D eigenvalue weighted by atomic mass is 10.3. The highest BCUT2D eigenvalue weighted by Gasteiger charge is 2.04. The van der Waals surface area contributed by atoms with Crippen LogP contribution in [0.5, 0.6) is 5.75 Å². The molecule has 0 atom stereocenters. The monoisotopic (exact) mass is 392 g/mol. The predicted octanol–water partition coefficient (Wildman–Crippen LogP) is 3.32. The minimum Gasteiger partial charge on any atom is -0.507 e. The van der Waals surface area contributed by atoms with E-state index in [1.54, 1.807) is 17.8 Å². The van der Waals surface area contributed by atoms with Crippen LogP contribution in [0.2, 0.25) is 0 Å². The van der Waals surface area contributed by atoms with E-state index in [2.05, 4.69) is 51.2 Å². The van der Waals surface area contributed by atoms with Gasteiger partial charge >= 0.3 is 0 Å². The normalized spacial score (nSPS) is 10.1. The van der Waals surface area contributed by atoms with Gasteiger partial charge in [-0.2, -0.15) is 0 Å². The van der Waals surface area contributed by atoms with Crippen LogP contribution in [-0.4, -0.2) is 11.4 Å². The molecule has 1 nitrogen and oxygen atoms in total. The zero-order valence-corrected chi connectivity index (χ0v) is 10.9. The molecule has 1 rings (SSSR count). The fraction of sp³-hybridized carbons (Fsp3) is 0.143. The summed E-state index contributed by atoms with van der Waals surface area (Å²) in [5.41, 5.74) is 0. The first-order valence-corrected chi connectivity index (χ1v) is 6.25. The van der Waals surface area contributed by atoms with Crippen molar-refractivity contribution in [2.24, 2.45) is 0 Å². The Kier molecular flexibility index (Phi) is 3.76. The minimum atomic E-state index is 0.377. The number of halogens is 2. The summed E-state index contributed by atoms with van der Waals surface area (Å²) < 4.78 is 2.01. The van der Waals surface area contributed by atoms with Crippen LogP contribution in [0, 0.1) is 7.14 Å². The molecular formula is C7H6I2OS. The van der Waals surface area contributed by atoms with Gasteiger partial charge in [-0.1, -0.05) is 0 Å². The third kappa shape index (κ3) is 2.38. The van der Waals surface area contributed by atoms with E-state index < -0.39 is 0 Å². The summed E-state index contributed by atoms with van der Waals surface area (Å²) in [4.78, 5) is 1.13. The van der Waals surface area contributed by atoms with E-state index in [9.17, 15) is 5.11 Å². The predicted molar refractivity (Wildman–Crippen MR) is 65.3 cm³/mol. The maximum atomic E-state index is 9.39. The Morgan fingerprint density at radius 2 is 2.00 bits per heavy atom. The van der Waals surface area contributed by atoms with Crippen molar-refractivity contribution >= 4 is 56.9 Å². The van der Waals surface area contributed by atoms with E-state index in [1.807, 2.05) is 6.26 Å². The fourth-order valence-corrected chi connectivity index (χ4v) is 3.02. The van der Waals surface area contributed by atoms with Crippen molar-refractivity contribution in [3.8, 4) is 5.75 Å². The molecule has 0 fully saturated rings. The lowest BCUT2D eigenvalue weighted by molar-refractivity contribution is 0.469. The van der Waals surface area contributed by atoms with Gasteiger partial charge in [0.1, 0.15) is 5.75 Å². The molecule has 0 aromatic heterocycles. The first-order valence-electron chi connectivity index (χ1n) is 2.87. The van der Waals surface area contributed by atoms with Crippen LogP contribution in [0.25, 0.3) is 0 Å². The maximum Gasteiger partial charge on any atom is 0.131 e. The third-order valence-corrected chi connectivity index (χ3v) is 4.09. The lowest BCUT2D eigenvalue weighted by Crippen LogP contribution is -1.81. The van der Waals surface area contributed by atoms with Crippen molar-refractivity contribution in [2.45, 2.75) is 4.90 Å². The molecule has 0 aliphatic carbocycles. The van der Waals surface area contributed by atoms with E-state index in [0.29, 0.717) is 5.75 Å². The number of hydrogen-bond acceptors (Lipinski definition) is 2. The molecule has 60 valence electrons. The highest BCUT2D eigenvalue weighted by Crippen LogP contribution is 2.31. The minimum absolute atomic E-state index is 0.377. The van der Waals surface area contributed by atoms with E-state index in [1.165, 1.54) is 0 Å². The lowest BCUT2D eigenvalue weighted by Gasteiger charge is -2.03. The molecule has 0 bridgehead atoms. The van der Waals surface area contributed by atoms with Gasteiger partial charge in [0.15, 0.2) is 0 Å². The van der Waals surface area contributed by atoms with Gasteiger partial charge in [0.2, 0.25) is 0 Å². The van der Waals surface area contributed by atoms with Gasteiger partial charge in [0, 0.05) is 8.47 Å². The van der Waals surface area contributed by atoms with E-state index in [-0.39, 0.29) is 0 Å². The molecule has 0 unspecified atom stereocenters. The van der Waals surface area contributed by atoms with Crippen molar-refractivity contribution in [3.05, 3.63) is 19.3 Å². The molecule has 0 saturated heterocycles.